The SMILES string of the molecule is CNC(CSC1CCCCC1)c1ccc(OC2CC2)cc1. The van der Waals surface area contributed by atoms with Crippen LogP contribution in [0.1, 0.15) is 56.6 Å². The van der Waals surface area contributed by atoms with Crippen LogP contribution in [0.4, 0.5) is 0 Å². The molecular formula is C18H27NOS. The molecule has 1 atom stereocenters. The van der Waals surface area contributed by atoms with E-state index >= 15 is 0 Å². The molecule has 0 bridgehead atoms. The third-order valence-corrected chi connectivity index (χ3v) is 5.98. The van der Waals surface area contributed by atoms with Crippen LogP contribution in [0.5, 0.6) is 5.75 Å². The molecule has 0 amide bonds. The van der Waals surface area contributed by atoms with Gasteiger partial charge < -0.3 is 10.1 Å². The average molecular weight is 305 g/mol. The van der Waals surface area contributed by atoms with Crippen molar-refractivity contribution in [1.29, 1.82) is 0 Å². The van der Waals surface area contributed by atoms with Crippen LogP contribution in [0.15, 0.2) is 24.3 Å². The Balaban J connectivity index is 1.51. The number of benzene rings is 1. The van der Waals surface area contributed by atoms with Crippen molar-refractivity contribution in [2.45, 2.75) is 62.3 Å². The summed E-state index contributed by atoms with van der Waals surface area (Å²) in [6.07, 6.45) is 10.0. The molecule has 0 spiro atoms. The van der Waals surface area contributed by atoms with Gasteiger partial charge in [-0.25, -0.2) is 0 Å². The number of ether oxygens (including phenoxy) is 1. The van der Waals surface area contributed by atoms with Gasteiger partial charge in [0.2, 0.25) is 0 Å². The van der Waals surface area contributed by atoms with Crippen LogP contribution in [0, 0.1) is 0 Å². The molecule has 2 saturated carbocycles. The van der Waals surface area contributed by atoms with Gasteiger partial charge in [-0.1, -0.05) is 31.4 Å². The van der Waals surface area contributed by atoms with Crippen molar-refractivity contribution in [2.24, 2.45) is 0 Å². The lowest BCUT2D eigenvalue weighted by Crippen LogP contribution is -2.21. The van der Waals surface area contributed by atoms with Gasteiger partial charge in [0.05, 0.1) is 6.10 Å². The van der Waals surface area contributed by atoms with Gasteiger partial charge in [-0.15, -0.1) is 0 Å². The van der Waals surface area contributed by atoms with Crippen LogP contribution >= 0.6 is 11.8 Å². The first-order chi connectivity index (χ1) is 10.3. The predicted octanol–water partition coefficient (Wildman–Crippen LogP) is 4.55. The maximum atomic E-state index is 5.82. The second kappa shape index (κ2) is 7.55. The van der Waals surface area contributed by atoms with Crippen LogP contribution < -0.4 is 10.1 Å². The monoisotopic (exact) mass is 305 g/mol. The molecule has 0 aliphatic heterocycles. The van der Waals surface area contributed by atoms with Crippen molar-refractivity contribution in [3.8, 4) is 5.75 Å². The maximum Gasteiger partial charge on any atom is 0.119 e. The highest BCUT2D eigenvalue weighted by atomic mass is 32.2. The van der Waals surface area contributed by atoms with Crippen molar-refractivity contribution in [1.82, 2.24) is 5.32 Å². The second-order valence-corrected chi connectivity index (χ2v) is 7.65. The second-order valence-electron chi connectivity index (χ2n) is 6.32. The molecular weight excluding hydrogens is 278 g/mol. The molecule has 1 aromatic carbocycles. The molecule has 116 valence electrons. The van der Waals surface area contributed by atoms with Crippen LogP contribution in [-0.4, -0.2) is 24.2 Å². The van der Waals surface area contributed by atoms with Gasteiger partial charge in [-0.05, 0) is 50.4 Å². The Morgan fingerprint density at radius 1 is 1.10 bits per heavy atom. The standard InChI is InChI=1S/C18H27NOS/c1-19-18(13-21-17-5-3-2-4-6-17)14-7-9-15(10-8-14)20-16-11-12-16/h7-10,16-19H,2-6,11-13H2,1H3. The van der Waals surface area contributed by atoms with Crippen molar-refractivity contribution >= 4 is 11.8 Å². The van der Waals surface area contributed by atoms with Crippen LogP contribution in [-0.2, 0) is 0 Å². The molecule has 0 aromatic heterocycles. The zero-order valence-corrected chi connectivity index (χ0v) is 13.8. The average Bonchev–Trinajstić information content (AvgIpc) is 3.34. The van der Waals surface area contributed by atoms with Crippen LogP contribution in [0.25, 0.3) is 0 Å². The predicted molar refractivity (Wildman–Crippen MR) is 91.2 cm³/mol. The van der Waals surface area contributed by atoms with Crippen molar-refractivity contribution in [2.75, 3.05) is 12.8 Å². The molecule has 2 aliphatic carbocycles. The molecule has 2 nitrogen and oxygen atoms in total. The highest BCUT2D eigenvalue weighted by Gasteiger charge is 2.23. The fraction of sp³-hybridized carbons (Fsp3) is 0.667. The first-order valence-electron chi connectivity index (χ1n) is 8.40. The zero-order valence-electron chi connectivity index (χ0n) is 13.0. The molecule has 2 aliphatic rings. The summed E-state index contributed by atoms with van der Waals surface area (Å²) in [7, 11) is 2.07. The summed E-state index contributed by atoms with van der Waals surface area (Å²) in [5.41, 5.74) is 1.38. The molecule has 2 fully saturated rings. The summed E-state index contributed by atoms with van der Waals surface area (Å²) in [4.78, 5) is 0. The first kappa shape index (κ1) is 15.2. The van der Waals surface area contributed by atoms with Crippen LogP contribution in [0.2, 0.25) is 0 Å². The molecule has 1 N–H and O–H groups in total. The van der Waals surface area contributed by atoms with E-state index < -0.39 is 0 Å². The van der Waals surface area contributed by atoms with Gasteiger partial charge in [-0.2, -0.15) is 11.8 Å². The van der Waals surface area contributed by atoms with Gasteiger partial charge in [0, 0.05) is 17.0 Å². The van der Waals surface area contributed by atoms with Gasteiger partial charge in [-0.3, -0.25) is 0 Å². The number of hydrogen-bond acceptors (Lipinski definition) is 3. The van der Waals surface area contributed by atoms with Crippen molar-refractivity contribution in [3.63, 3.8) is 0 Å². The fourth-order valence-electron chi connectivity index (χ4n) is 2.97. The van der Waals surface area contributed by atoms with E-state index in [-0.39, 0.29) is 0 Å². The van der Waals surface area contributed by atoms with E-state index in [2.05, 4.69) is 48.4 Å². The highest BCUT2D eigenvalue weighted by molar-refractivity contribution is 7.99. The normalized spacial score (nSPS) is 21.2. The van der Waals surface area contributed by atoms with E-state index in [4.69, 9.17) is 4.74 Å². The molecule has 0 saturated heterocycles. The summed E-state index contributed by atoms with van der Waals surface area (Å²) < 4.78 is 5.82. The molecule has 1 aromatic rings. The topological polar surface area (TPSA) is 21.3 Å². The first-order valence-corrected chi connectivity index (χ1v) is 9.45. The van der Waals surface area contributed by atoms with E-state index in [0.717, 1.165) is 11.0 Å². The Morgan fingerprint density at radius 2 is 1.81 bits per heavy atom. The summed E-state index contributed by atoms with van der Waals surface area (Å²) in [5.74, 6) is 2.19. The minimum Gasteiger partial charge on any atom is -0.490 e. The minimum absolute atomic E-state index is 0.451. The Kier molecular flexibility index (Phi) is 5.48. The molecule has 3 rings (SSSR count). The van der Waals surface area contributed by atoms with E-state index in [9.17, 15) is 0 Å². The van der Waals surface area contributed by atoms with Crippen LogP contribution in [0.3, 0.4) is 0 Å². The highest BCUT2D eigenvalue weighted by Crippen LogP contribution is 2.32. The van der Waals surface area contributed by atoms with E-state index in [1.807, 2.05) is 0 Å². The molecule has 21 heavy (non-hydrogen) atoms. The third kappa shape index (κ3) is 4.65. The van der Waals surface area contributed by atoms with Gasteiger partial charge in [0.25, 0.3) is 0 Å². The van der Waals surface area contributed by atoms with E-state index in [1.54, 1.807) is 0 Å². The lowest BCUT2D eigenvalue weighted by atomic mass is 10.0. The molecule has 1 unspecified atom stereocenters. The Labute approximate surface area is 133 Å². The van der Waals surface area contributed by atoms with Gasteiger partial charge in [0.1, 0.15) is 5.75 Å². The Bertz CT molecular complexity index is 423. The smallest absolute Gasteiger partial charge is 0.119 e. The largest absolute Gasteiger partial charge is 0.490 e. The summed E-state index contributed by atoms with van der Waals surface area (Å²) in [6.45, 7) is 0. The zero-order chi connectivity index (χ0) is 14.5. The summed E-state index contributed by atoms with van der Waals surface area (Å²) in [6, 6.07) is 9.15. The van der Waals surface area contributed by atoms with Gasteiger partial charge >= 0.3 is 0 Å². The minimum atomic E-state index is 0.451. The summed E-state index contributed by atoms with van der Waals surface area (Å²) in [5, 5.41) is 4.35. The molecule has 0 radical (unpaired) electrons. The number of rotatable bonds is 7. The van der Waals surface area contributed by atoms with Crippen molar-refractivity contribution < 1.29 is 4.74 Å². The Morgan fingerprint density at radius 3 is 2.43 bits per heavy atom. The van der Waals surface area contributed by atoms with Crippen molar-refractivity contribution in [3.05, 3.63) is 29.8 Å². The lowest BCUT2D eigenvalue weighted by Gasteiger charge is -2.24. The van der Waals surface area contributed by atoms with E-state index in [1.165, 1.54) is 56.3 Å². The molecule has 3 heteroatoms. The van der Waals surface area contributed by atoms with Gasteiger partial charge in [0.15, 0.2) is 0 Å². The summed E-state index contributed by atoms with van der Waals surface area (Å²) >= 11 is 2.16. The molecule has 0 heterocycles. The number of hydrogen-bond donors (Lipinski definition) is 1. The quantitative estimate of drug-likeness (QED) is 0.798. The number of nitrogens with one attached hydrogen (secondary N) is 1. The maximum absolute atomic E-state index is 5.82. The van der Waals surface area contributed by atoms with E-state index in [0.29, 0.717) is 12.1 Å². The fourth-order valence-corrected chi connectivity index (χ4v) is 4.46. The lowest BCUT2D eigenvalue weighted by molar-refractivity contribution is 0.303. The number of thioether (sulfide) groups is 1. The third-order valence-electron chi connectivity index (χ3n) is 4.51. The Hall–Kier alpha value is -0.670.